The minimum Gasteiger partial charge on any atom is -0.379 e. The van der Waals surface area contributed by atoms with E-state index in [9.17, 15) is 13.2 Å². The van der Waals surface area contributed by atoms with Crippen LogP contribution in [0.2, 0.25) is 0 Å². The number of hydrogen-bond acceptors (Lipinski definition) is 7. The molecule has 3 N–H and O–H groups in total. The number of amides is 1. The highest BCUT2D eigenvalue weighted by Gasteiger charge is 2.26. The Labute approximate surface area is 155 Å². The van der Waals surface area contributed by atoms with E-state index in [0.717, 1.165) is 0 Å². The summed E-state index contributed by atoms with van der Waals surface area (Å²) in [5.41, 5.74) is 0.271. The lowest BCUT2D eigenvalue weighted by molar-refractivity contribution is 0.0730. The van der Waals surface area contributed by atoms with E-state index in [1.165, 1.54) is 34.9 Å². The lowest BCUT2D eigenvalue weighted by atomic mass is 10.2. The summed E-state index contributed by atoms with van der Waals surface area (Å²) in [7, 11) is -3.60. The molecule has 0 atom stereocenters. The van der Waals surface area contributed by atoms with E-state index in [-0.39, 0.29) is 15.6 Å². The van der Waals surface area contributed by atoms with Crippen molar-refractivity contribution in [3.05, 3.63) is 36.2 Å². The first-order valence-electron chi connectivity index (χ1n) is 7.62. The van der Waals surface area contributed by atoms with Crippen LogP contribution >= 0.6 is 12.2 Å². The number of morpholine rings is 1. The van der Waals surface area contributed by atoms with E-state index in [1.54, 1.807) is 0 Å². The lowest BCUT2D eigenvalue weighted by Crippen LogP contribution is -2.40. The van der Waals surface area contributed by atoms with Crippen LogP contribution in [0.1, 0.15) is 10.4 Å². The van der Waals surface area contributed by atoms with Gasteiger partial charge in [0.15, 0.2) is 5.11 Å². The van der Waals surface area contributed by atoms with Crippen LogP contribution in [0.15, 0.2) is 35.5 Å². The largest absolute Gasteiger partial charge is 0.379 e. The average molecular weight is 396 g/mol. The van der Waals surface area contributed by atoms with E-state index in [2.05, 4.69) is 25.8 Å². The quantitative estimate of drug-likeness (QED) is 0.614. The Kier molecular flexibility index (Phi) is 5.56. The highest BCUT2D eigenvalue weighted by atomic mass is 32.2. The number of nitrogens with one attached hydrogen (secondary N) is 3. The number of thiocarbonyl (C=S) groups is 1. The van der Waals surface area contributed by atoms with Gasteiger partial charge in [-0.3, -0.25) is 10.1 Å². The van der Waals surface area contributed by atoms with Crippen molar-refractivity contribution in [3.8, 4) is 0 Å². The van der Waals surface area contributed by atoms with Crippen molar-refractivity contribution >= 4 is 39.2 Å². The van der Waals surface area contributed by atoms with Crippen LogP contribution in [-0.4, -0.2) is 65.2 Å². The van der Waals surface area contributed by atoms with Gasteiger partial charge in [0.05, 0.1) is 18.1 Å². The molecule has 0 bridgehead atoms. The molecule has 1 aromatic carbocycles. The Bertz CT molecular complexity index is 877. The van der Waals surface area contributed by atoms with Gasteiger partial charge in [-0.15, -0.1) is 0 Å². The fourth-order valence-corrected chi connectivity index (χ4v) is 3.89. The predicted molar refractivity (Wildman–Crippen MR) is 96.1 cm³/mol. The molecule has 1 fully saturated rings. The summed E-state index contributed by atoms with van der Waals surface area (Å²) in [4.78, 5) is 16.1. The molecule has 0 spiro atoms. The molecule has 1 amide bonds. The van der Waals surface area contributed by atoms with Gasteiger partial charge in [-0.25, -0.2) is 13.5 Å². The molecule has 0 saturated carbocycles. The molecule has 1 aromatic heterocycles. The Balaban J connectivity index is 1.64. The maximum absolute atomic E-state index is 12.5. The number of benzene rings is 1. The first kappa shape index (κ1) is 18.4. The van der Waals surface area contributed by atoms with Crippen molar-refractivity contribution in [2.24, 2.45) is 0 Å². The van der Waals surface area contributed by atoms with Crippen LogP contribution in [0.5, 0.6) is 0 Å². The molecule has 138 valence electrons. The first-order chi connectivity index (χ1) is 12.5. The number of anilines is 1. The molecule has 2 aromatic rings. The number of aromatic nitrogens is 3. The summed E-state index contributed by atoms with van der Waals surface area (Å²) in [5.74, 6) is -0.181. The maximum Gasteiger partial charge on any atom is 0.257 e. The first-order valence-corrected chi connectivity index (χ1v) is 9.47. The van der Waals surface area contributed by atoms with Crippen molar-refractivity contribution in [3.63, 3.8) is 0 Å². The number of ether oxygens (including phenoxy) is 1. The second kappa shape index (κ2) is 7.86. The summed E-state index contributed by atoms with van der Waals surface area (Å²) >= 11 is 5.00. The minimum absolute atomic E-state index is 0.0387. The van der Waals surface area contributed by atoms with Crippen LogP contribution < -0.4 is 10.6 Å². The van der Waals surface area contributed by atoms with Crippen LogP contribution in [0.25, 0.3) is 0 Å². The van der Waals surface area contributed by atoms with Crippen molar-refractivity contribution in [2.45, 2.75) is 4.90 Å². The molecule has 0 radical (unpaired) electrons. The molecule has 3 rings (SSSR count). The van der Waals surface area contributed by atoms with Crippen molar-refractivity contribution in [1.82, 2.24) is 24.8 Å². The van der Waals surface area contributed by atoms with E-state index in [0.29, 0.717) is 32.3 Å². The van der Waals surface area contributed by atoms with Crippen LogP contribution in [0.3, 0.4) is 0 Å². The number of carbonyl (C=O) groups is 1. The monoisotopic (exact) mass is 396 g/mol. The zero-order valence-corrected chi connectivity index (χ0v) is 15.1. The fourth-order valence-electron chi connectivity index (χ4n) is 2.29. The van der Waals surface area contributed by atoms with Gasteiger partial charge in [0.25, 0.3) is 5.91 Å². The molecule has 1 saturated heterocycles. The molecule has 0 unspecified atom stereocenters. The van der Waals surface area contributed by atoms with E-state index < -0.39 is 15.9 Å². The minimum atomic E-state index is -3.60. The fraction of sp³-hybridized carbons (Fsp3) is 0.286. The number of H-pyrrole nitrogens is 1. The highest BCUT2D eigenvalue weighted by Crippen LogP contribution is 2.17. The third-order valence-electron chi connectivity index (χ3n) is 3.60. The summed E-state index contributed by atoms with van der Waals surface area (Å²) in [6.07, 6.45) is 1.29. The molecule has 0 aliphatic carbocycles. The molecular weight excluding hydrogens is 380 g/mol. The van der Waals surface area contributed by atoms with Gasteiger partial charge in [0.1, 0.15) is 6.33 Å². The second-order valence-corrected chi connectivity index (χ2v) is 7.63. The van der Waals surface area contributed by atoms with Gasteiger partial charge < -0.3 is 10.1 Å². The Morgan fingerprint density at radius 1 is 1.23 bits per heavy atom. The van der Waals surface area contributed by atoms with Gasteiger partial charge in [0.2, 0.25) is 16.0 Å². The topological polar surface area (TPSA) is 129 Å². The van der Waals surface area contributed by atoms with Crippen molar-refractivity contribution in [1.29, 1.82) is 0 Å². The molecule has 26 heavy (non-hydrogen) atoms. The molecular formula is C14H16N6O4S2. The summed E-state index contributed by atoms with van der Waals surface area (Å²) < 4.78 is 31.6. The van der Waals surface area contributed by atoms with Crippen LogP contribution in [0.4, 0.5) is 5.95 Å². The Morgan fingerprint density at radius 2 is 1.92 bits per heavy atom. The number of nitrogens with zero attached hydrogens (tertiary/aromatic N) is 3. The van der Waals surface area contributed by atoms with Gasteiger partial charge >= 0.3 is 0 Å². The summed E-state index contributed by atoms with van der Waals surface area (Å²) in [6.45, 7) is 1.36. The number of sulfonamides is 1. The number of aromatic amines is 1. The summed E-state index contributed by atoms with van der Waals surface area (Å²) in [5, 5.41) is 11.4. The van der Waals surface area contributed by atoms with Gasteiger partial charge in [-0.1, -0.05) is 0 Å². The van der Waals surface area contributed by atoms with Crippen LogP contribution in [0, 0.1) is 0 Å². The summed E-state index contributed by atoms with van der Waals surface area (Å²) in [6, 6.07) is 5.65. The Hall–Kier alpha value is -2.41. The normalized spacial score (nSPS) is 15.4. The zero-order valence-electron chi connectivity index (χ0n) is 13.5. The number of carbonyl (C=O) groups excluding carboxylic acids is 1. The standard InChI is InChI=1S/C14H16N6O4S2/c21-12(17-14(25)18-13-15-9-16-19-13)10-1-3-11(4-2-10)26(22,23)20-5-7-24-8-6-20/h1-4,9H,5-8H2,(H3,15,16,17,18,19,21,25). The predicted octanol–water partition coefficient (Wildman–Crippen LogP) is -0.0476. The van der Waals surface area contributed by atoms with E-state index in [4.69, 9.17) is 17.0 Å². The molecule has 2 heterocycles. The molecule has 1 aliphatic rings. The van der Waals surface area contributed by atoms with Crippen LogP contribution in [-0.2, 0) is 14.8 Å². The van der Waals surface area contributed by atoms with Crippen molar-refractivity contribution < 1.29 is 17.9 Å². The molecule has 10 nitrogen and oxygen atoms in total. The third kappa shape index (κ3) is 4.22. The number of hydrogen-bond donors (Lipinski definition) is 3. The molecule has 1 aliphatic heterocycles. The van der Waals surface area contributed by atoms with E-state index in [1.807, 2.05) is 0 Å². The lowest BCUT2D eigenvalue weighted by Gasteiger charge is -2.26. The van der Waals surface area contributed by atoms with Gasteiger partial charge in [0, 0.05) is 18.7 Å². The average Bonchev–Trinajstić information content (AvgIpc) is 3.15. The Morgan fingerprint density at radius 3 is 2.54 bits per heavy atom. The highest BCUT2D eigenvalue weighted by molar-refractivity contribution is 7.89. The number of rotatable bonds is 4. The van der Waals surface area contributed by atoms with Gasteiger partial charge in [-0.2, -0.15) is 14.4 Å². The molecule has 12 heteroatoms. The second-order valence-electron chi connectivity index (χ2n) is 5.28. The SMILES string of the molecule is O=C(NC(=S)Nc1ncn[nH]1)c1ccc(S(=O)(=O)N2CCOCC2)cc1. The smallest absolute Gasteiger partial charge is 0.257 e. The third-order valence-corrected chi connectivity index (χ3v) is 5.72. The van der Waals surface area contributed by atoms with Gasteiger partial charge in [-0.05, 0) is 36.5 Å². The van der Waals surface area contributed by atoms with E-state index >= 15 is 0 Å². The zero-order chi connectivity index (χ0) is 18.6. The van der Waals surface area contributed by atoms with Crippen molar-refractivity contribution in [2.75, 3.05) is 31.6 Å². The maximum atomic E-state index is 12.5.